The van der Waals surface area contributed by atoms with Gasteiger partial charge in [-0.1, -0.05) is 36.4 Å². The number of nitrogens with zero attached hydrogens (tertiary/aromatic N) is 1. The maximum Gasteiger partial charge on any atom is 0.446 e. The van der Waals surface area contributed by atoms with Crippen LogP contribution in [0, 0.1) is 0 Å². The highest BCUT2D eigenvalue weighted by Gasteiger charge is 2.72. The SMILES string of the molecule is COc1ccc2c3c1O[C@H]1C(OC(=O)[C@@H](OC(=O)[C@H](C)O)c4ccccc4)=CC[C@@]4(O)[C@@H](C2)N(C)CC[C@]314.O=CC(F)(F)F. The van der Waals surface area contributed by atoms with Crippen LogP contribution in [0.25, 0.3) is 0 Å². The van der Waals surface area contributed by atoms with Crippen LogP contribution < -0.4 is 9.47 Å². The van der Waals surface area contributed by atoms with E-state index in [0.717, 1.165) is 17.7 Å². The number of esters is 2. The van der Waals surface area contributed by atoms with Crippen molar-refractivity contribution < 1.29 is 56.7 Å². The second-order valence-electron chi connectivity index (χ2n) is 11.3. The third-order valence-corrected chi connectivity index (χ3v) is 8.80. The van der Waals surface area contributed by atoms with E-state index in [-0.39, 0.29) is 18.2 Å². The topological polar surface area (TPSA) is 132 Å². The number of aliphatic hydroxyl groups is 2. The first-order valence-corrected chi connectivity index (χ1v) is 13.9. The summed E-state index contributed by atoms with van der Waals surface area (Å²) in [5.74, 6) is -0.356. The number of ether oxygens (including phenoxy) is 4. The normalized spacial score (nSPS) is 27.7. The molecule has 0 saturated carbocycles. The van der Waals surface area contributed by atoms with Crippen LogP contribution in [0.3, 0.4) is 0 Å². The number of rotatable bonds is 6. The highest BCUT2D eigenvalue weighted by molar-refractivity contribution is 5.83. The van der Waals surface area contributed by atoms with Crippen LogP contribution in [0.2, 0.25) is 0 Å². The fourth-order valence-electron chi connectivity index (χ4n) is 6.85. The molecule has 1 fully saturated rings. The van der Waals surface area contributed by atoms with Gasteiger partial charge in [-0.15, -0.1) is 0 Å². The third kappa shape index (κ3) is 5.12. The van der Waals surface area contributed by atoms with Gasteiger partial charge in [-0.05, 0) is 51.1 Å². The Labute approximate surface area is 250 Å². The lowest BCUT2D eigenvalue weighted by Gasteiger charge is -2.61. The zero-order valence-electron chi connectivity index (χ0n) is 24.2. The summed E-state index contributed by atoms with van der Waals surface area (Å²) in [4.78, 5) is 36.7. The molecule has 10 nitrogen and oxygen atoms in total. The standard InChI is InChI=1S/C29H31NO8.C2HF3O/c1-16(31)26(32)38-23(17-7-5-4-6-8-17)27(33)36-20-11-12-29(34)21-15-18-9-10-19(35-3)24-22(18)28(29,25(20)37-24)13-14-30(21)2;3-2(4,5)1-6/h4-11,16,21,23,25,31,34H,12-15H2,1-3H3;1H/t16-,21+,23-,25-,28-,29+;/m0./s1. The van der Waals surface area contributed by atoms with Gasteiger partial charge >= 0.3 is 18.1 Å². The van der Waals surface area contributed by atoms with E-state index in [9.17, 15) is 33.0 Å². The van der Waals surface area contributed by atoms with Gasteiger partial charge in [-0.25, -0.2) is 9.59 Å². The van der Waals surface area contributed by atoms with Gasteiger partial charge in [0.1, 0.15) is 11.9 Å². The number of aldehydes is 1. The lowest BCUT2D eigenvalue weighted by Crippen LogP contribution is -2.74. The van der Waals surface area contributed by atoms with E-state index in [1.54, 1.807) is 43.5 Å². The minimum atomic E-state index is -4.64. The molecule has 44 heavy (non-hydrogen) atoms. The minimum absolute atomic E-state index is 0.133. The monoisotopic (exact) mass is 619 g/mol. The number of likely N-dealkylation sites (tertiary alicyclic amines) is 1. The number of alkyl halides is 3. The van der Waals surface area contributed by atoms with Crippen molar-refractivity contribution in [3.8, 4) is 11.5 Å². The van der Waals surface area contributed by atoms with Crippen molar-refractivity contribution in [2.75, 3.05) is 20.7 Å². The molecule has 2 aliphatic carbocycles. The highest BCUT2D eigenvalue weighted by atomic mass is 19.4. The fourth-order valence-corrected chi connectivity index (χ4v) is 6.85. The summed E-state index contributed by atoms with van der Waals surface area (Å²) >= 11 is 0. The van der Waals surface area contributed by atoms with Gasteiger partial charge in [0.05, 0.1) is 18.1 Å². The van der Waals surface area contributed by atoms with Crippen LogP contribution in [0.1, 0.15) is 42.6 Å². The molecule has 4 aliphatic rings. The Kier molecular flexibility index (Phi) is 8.25. The average molecular weight is 620 g/mol. The van der Waals surface area contributed by atoms with Crippen molar-refractivity contribution in [1.82, 2.24) is 4.90 Å². The Morgan fingerprint density at radius 1 is 1.16 bits per heavy atom. The number of methoxy groups -OCH3 is 1. The Bertz CT molecular complexity index is 1480. The number of piperidine rings is 1. The molecule has 2 heterocycles. The van der Waals surface area contributed by atoms with Crippen molar-refractivity contribution in [2.45, 2.75) is 67.7 Å². The Morgan fingerprint density at radius 3 is 2.45 bits per heavy atom. The molecule has 1 saturated heterocycles. The molecule has 1 spiro atoms. The number of carbonyl (C=O) groups excluding carboxylic acids is 3. The molecule has 0 amide bonds. The highest BCUT2D eigenvalue weighted by Crippen LogP contribution is 2.65. The number of hydrogen-bond acceptors (Lipinski definition) is 10. The first kappa shape index (κ1) is 31.5. The molecule has 2 aromatic carbocycles. The van der Waals surface area contributed by atoms with Gasteiger partial charge in [-0.2, -0.15) is 13.2 Å². The van der Waals surface area contributed by atoms with Crippen LogP contribution in [-0.2, 0) is 35.7 Å². The Hall–Kier alpha value is -3.94. The van der Waals surface area contributed by atoms with Gasteiger partial charge in [-0.3, -0.25) is 4.79 Å². The average Bonchev–Trinajstić information content (AvgIpc) is 3.35. The lowest BCUT2D eigenvalue weighted by molar-refractivity contribution is -0.178. The summed E-state index contributed by atoms with van der Waals surface area (Å²) in [6.07, 6.45) is -6.01. The second-order valence-corrected chi connectivity index (χ2v) is 11.3. The van der Waals surface area contributed by atoms with E-state index in [1.165, 1.54) is 6.92 Å². The van der Waals surface area contributed by atoms with Crippen LogP contribution >= 0.6 is 0 Å². The molecule has 6 atom stereocenters. The van der Waals surface area contributed by atoms with E-state index >= 15 is 0 Å². The maximum absolute atomic E-state index is 13.5. The zero-order chi connectivity index (χ0) is 32.0. The van der Waals surface area contributed by atoms with Crippen LogP contribution in [0.15, 0.2) is 54.3 Å². The number of likely N-dealkylation sites (N-methyl/N-ethyl adjacent to an activating group) is 1. The van der Waals surface area contributed by atoms with E-state index in [1.807, 2.05) is 19.2 Å². The maximum atomic E-state index is 13.5. The first-order chi connectivity index (χ1) is 20.8. The summed E-state index contributed by atoms with van der Waals surface area (Å²) in [7, 11) is 3.60. The van der Waals surface area contributed by atoms with Crippen molar-refractivity contribution in [3.05, 3.63) is 71.0 Å². The predicted molar refractivity (Wildman–Crippen MR) is 147 cm³/mol. The zero-order valence-corrected chi connectivity index (χ0v) is 24.2. The van der Waals surface area contributed by atoms with E-state index in [0.29, 0.717) is 29.9 Å². The van der Waals surface area contributed by atoms with Crippen molar-refractivity contribution in [1.29, 1.82) is 0 Å². The summed E-state index contributed by atoms with van der Waals surface area (Å²) in [6, 6.07) is 12.3. The summed E-state index contributed by atoms with van der Waals surface area (Å²) in [5, 5.41) is 22.0. The van der Waals surface area contributed by atoms with Gasteiger partial charge in [0, 0.05) is 23.6 Å². The lowest BCUT2D eigenvalue weighted by atomic mass is 9.50. The summed E-state index contributed by atoms with van der Waals surface area (Å²) in [6.45, 7) is 2.01. The largest absolute Gasteiger partial charge is 0.493 e. The molecule has 0 radical (unpaired) electrons. The number of benzene rings is 2. The Morgan fingerprint density at radius 2 is 1.84 bits per heavy atom. The number of hydrogen-bond donors (Lipinski definition) is 2. The number of aliphatic hydroxyl groups excluding tert-OH is 1. The molecule has 0 unspecified atom stereocenters. The first-order valence-electron chi connectivity index (χ1n) is 13.9. The van der Waals surface area contributed by atoms with Gasteiger partial charge < -0.3 is 34.1 Å². The molecule has 13 heteroatoms. The van der Waals surface area contributed by atoms with Crippen LogP contribution in [-0.4, -0.2) is 84.1 Å². The summed E-state index contributed by atoms with van der Waals surface area (Å²) < 4.78 is 54.7. The van der Waals surface area contributed by atoms with Gasteiger partial charge in [0.15, 0.2) is 17.6 Å². The van der Waals surface area contributed by atoms with Crippen molar-refractivity contribution in [3.63, 3.8) is 0 Å². The molecule has 6 rings (SSSR count). The smallest absolute Gasteiger partial charge is 0.446 e. The third-order valence-electron chi connectivity index (χ3n) is 8.80. The van der Waals surface area contributed by atoms with E-state index in [4.69, 9.17) is 23.7 Å². The molecule has 2 aromatic rings. The fraction of sp³-hybridized carbons (Fsp3) is 0.452. The minimum Gasteiger partial charge on any atom is -0.493 e. The van der Waals surface area contributed by atoms with Gasteiger partial charge in [0.25, 0.3) is 0 Å². The van der Waals surface area contributed by atoms with Crippen LogP contribution in [0.4, 0.5) is 13.2 Å². The Balaban J connectivity index is 0.000000584. The molecular formula is C31H32F3NO9. The van der Waals surface area contributed by atoms with Crippen molar-refractivity contribution in [2.24, 2.45) is 0 Å². The van der Waals surface area contributed by atoms with E-state index < -0.39 is 53.7 Å². The molecule has 2 aliphatic heterocycles. The quantitative estimate of drug-likeness (QED) is 0.368. The van der Waals surface area contributed by atoms with E-state index in [2.05, 4.69) is 4.90 Å². The van der Waals surface area contributed by atoms with Crippen molar-refractivity contribution >= 4 is 18.2 Å². The summed E-state index contributed by atoms with van der Waals surface area (Å²) in [5.41, 5.74) is 0.461. The predicted octanol–water partition coefficient (Wildman–Crippen LogP) is 2.93. The number of halogens is 3. The molecule has 2 bridgehead atoms. The molecule has 0 aromatic heterocycles. The molecule has 236 valence electrons. The number of carbonyl (C=O) groups is 3. The van der Waals surface area contributed by atoms with Crippen LogP contribution in [0.5, 0.6) is 11.5 Å². The molecule has 2 N–H and O–H groups in total. The second kappa shape index (κ2) is 11.5. The molecular weight excluding hydrogens is 587 g/mol. The van der Waals surface area contributed by atoms with Gasteiger partial charge in [0.2, 0.25) is 12.4 Å².